The number of carbonyl (C=O) groups is 2. The van der Waals surface area contributed by atoms with Crippen LogP contribution in [0.25, 0.3) is 0 Å². The molecule has 2 amide bonds. The Balaban J connectivity index is 1.34. The normalized spacial score (nSPS) is 22.4. The highest BCUT2D eigenvalue weighted by atomic mass is 35.5. The van der Waals surface area contributed by atoms with E-state index in [0.717, 1.165) is 0 Å². The maximum atomic E-state index is 13.1. The number of rotatable bonds is 3. The summed E-state index contributed by atoms with van der Waals surface area (Å²) in [4.78, 5) is 30.9. The number of halogens is 2. The molecular weight excluding hydrogens is 409 g/mol. The first-order valence-corrected chi connectivity index (χ1v) is 10.3. The van der Waals surface area contributed by atoms with Crippen LogP contribution >= 0.6 is 11.6 Å². The number of aliphatic hydroxyl groups is 1. The summed E-state index contributed by atoms with van der Waals surface area (Å²) in [6.45, 7) is 2.97. The summed E-state index contributed by atoms with van der Waals surface area (Å²) in [5, 5.41) is 11.1. The van der Waals surface area contributed by atoms with Gasteiger partial charge in [-0.05, 0) is 48.5 Å². The van der Waals surface area contributed by atoms with Crippen LogP contribution in [0, 0.1) is 5.82 Å². The van der Waals surface area contributed by atoms with Gasteiger partial charge in [-0.1, -0.05) is 11.6 Å². The van der Waals surface area contributed by atoms with Gasteiger partial charge in [0.05, 0.1) is 12.1 Å². The van der Waals surface area contributed by atoms with E-state index in [1.54, 1.807) is 34.1 Å². The summed E-state index contributed by atoms with van der Waals surface area (Å²) in [5.41, 5.74) is 1.01. The van der Waals surface area contributed by atoms with E-state index in [1.165, 1.54) is 24.3 Å². The topological polar surface area (TPSA) is 64.1 Å². The lowest BCUT2D eigenvalue weighted by Gasteiger charge is -2.38. The number of likely N-dealkylation sites (tertiary alicyclic amines) is 1. The average Bonchev–Trinajstić information content (AvgIpc) is 3.15. The quantitative estimate of drug-likeness (QED) is 0.808. The molecule has 0 spiro atoms. The number of β-amino-alcohol motifs (C(OH)–C–C–N with tert-alkyl or cyclic N) is 1. The summed E-state index contributed by atoms with van der Waals surface area (Å²) in [5.74, 6) is -0.621. The molecule has 2 aromatic rings. The van der Waals surface area contributed by atoms with Crippen molar-refractivity contribution in [3.8, 4) is 0 Å². The molecule has 0 radical (unpaired) electrons. The Morgan fingerprint density at radius 2 is 1.37 bits per heavy atom. The third-order valence-electron chi connectivity index (χ3n) is 5.80. The minimum Gasteiger partial charge on any atom is -0.390 e. The Morgan fingerprint density at radius 3 is 1.97 bits per heavy atom. The van der Waals surface area contributed by atoms with Crippen molar-refractivity contribution in [1.29, 1.82) is 0 Å². The van der Waals surface area contributed by atoms with Crippen LogP contribution in [0.3, 0.4) is 0 Å². The van der Waals surface area contributed by atoms with E-state index in [1.807, 2.05) is 0 Å². The number of hydrogen-bond donors (Lipinski definition) is 1. The Kier molecular flexibility index (Phi) is 6.04. The van der Waals surface area contributed by atoms with Crippen molar-refractivity contribution in [2.75, 3.05) is 39.3 Å². The highest BCUT2D eigenvalue weighted by Crippen LogP contribution is 2.21. The van der Waals surface area contributed by atoms with Crippen molar-refractivity contribution < 1.29 is 19.1 Å². The van der Waals surface area contributed by atoms with Crippen molar-refractivity contribution in [3.63, 3.8) is 0 Å². The summed E-state index contributed by atoms with van der Waals surface area (Å²) < 4.78 is 13.1. The summed E-state index contributed by atoms with van der Waals surface area (Å²) in [7, 11) is 0. The predicted molar refractivity (Wildman–Crippen MR) is 111 cm³/mol. The zero-order chi connectivity index (χ0) is 21.3. The maximum absolute atomic E-state index is 13.1. The van der Waals surface area contributed by atoms with Crippen LogP contribution in [-0.2, 0) is 0 Å². The number of hydrogen-bond acceptors (Lipinski definition) is 4. The molecule has 2 aromatic carbocycles. The molecular formula is C22H23ClFN3O3. The van der Waals surface area contributed by atoms with Gasteiger partial charge in [0.15, 0.2) is 0 Å². The summed E-state index contributed by atoms with van der Waals surface area (Å²) in [6.07, 6.45) is -0.638. The van der Waals surface area contributed by atoms with Gasteiger partial charge in [0.2, 0.25) is 0 Å². The second-order valence-electron chi connectivity index (χ2n) is 7.69. The van der Waals surface area contributed by atoms with E-state index in [0.29, 0.717) is 48.9 Å². The largest absolute Gasteiger partial charge is 0.390 e. The first-order valence-electron chi connectivity index (χ1n) is 9.94. The Hall–Kier alpha value is -2.48. The molecule has 30 heavy (non-hydrogen) atoms. The molecule has 4 rings (SSSR count). The van der Waals surface area contributed by atoms with Crippen molar-refractivity contribution in [3.05, 3.63) is 70.5 Å². The first kappa shape index (κ1) is 20.8. The van der Waals surface area contributed by atoms with Crippen LogP contribution < -0.4 is 0 Å². The minimum absolute atomic E-state index is 0.124. The Labute approximate surface area is 179 Å². The molecule has 158 valence electrons. The van der Waals surface area contributed by atoms with E-state index in [4.69, 9.17) is 11.6 Å². The van der Waals surface area contributed by atoms with Gasteiger partial charge in [-0.2, -0.15) is 0 Å². The van der Waals surface area contributed by atoms with Crippen LogP contribution in [0.5, 0.6) is 0 Å². The van der Waals surface area contributed by atoms with Gasteiger partial charge >= 0.3 is 0 Å². The van der Waals surface area contributed by atoms with Crippen LogP contribution in [0.1, 0.15) is 20.7 Å². The van der Waals surface area contributed by atoms with E-state index >= 15 is 0 Å². The second kappa shape index (κ2) is 8.71. The van der Waals surface area contributed by atoms with E-state index in [9.17, 15) is 19.1 Å². The van der Waals surface area contributed by atoms with Crippen molar-refractivity contribution in [2.45, 2.75) is 12.1 Å². The van der Waals surface area contributed by atoms with Crippen LogP contribution in [0.2, 0.25) is 5.02 Å². The van der Waals surface area contributed by atoms with Crippen molar-refractivity contribution in [2.24, 2.45) is 0 Å². The molecule has 0 aromatic heterocycles. The second-order valence-corrected chi connectivity index (χ2v) is 8.12. The van der Waals surface area contributed by atoms with Crippen molar-refractivity contribution >= 4 is 23.4 Å². The fourth-order valence-electron chi connectivity index (χ4n) is 4.10. The smallest absolute Gasteiger partial charge is 0.253 e. The molecule has 0 saturated carbocycles. The Bertz CT molecular complexity index is 914. The van der Waals surface area contributed by atoms with Crippen molar-refractivity contribution in [1.82, 2.24) is 14.7 Å². The molecule has 0 aliphatic carbocycles. The highest BCUT2D eigenvalue weighted by molar-refractivity contribution is 6.30. The number of benzene rings is 2. The molecule has 2 atom stereocenters. The predicted octanol–water partition coefficient (Wildman–Crippen LogP) is 2.12. The molecule has 2 aliphatic heterocycles. The fraction of sp³-hybridized carbons (Fsp3) is 0.364. The molecule has 0 unspecified atom stereocenters. The third-order valence-corrected chi connectivity index (χ3v) is 6.05. The molecule has 6 nitrogen and oxygen atoms in total. The number of aliphatic hydroxyl groups excluding tert-OH is 1. The standard InChI is InChI=1S/C22H23ClFN3O3/c23-17-5-1-15(2-6-17)22(30)27-13-19(20(28)14-27)25-9-11-26(12-10-25)21(29)16-3-7-18(24)8-4-16/h1-8,19-20,28H,9-14H2/t19-,20-/m0/s1. The maximum Gasteiger partial charge on any atom is 0.253 e. The first-order chi connectivity index (χ1) is 14.4. The van der Waals surface area contributed by atoms with Gasteiger partial charge in [0.25, 0.3) is 11.8 Å². The van der Waals surface area contributed by atoms with E-state index in [-0.39, 0.29) is 30.2 Å². The number of amides is 2. The lowest BCUT2D eigenvalue weighted by atomic mass is 10.1. The van der Waals surface area contributed by atoms with Gasteiger partial charge in [-0.3, -0.25) is 14.5 Å². The molecule has 1 N–H and O–H groups in total. The zero-order valence-electron chi connectivity index (χ0n) is 16.4. The Morgan fingerprint density at radius 1 is 0.833 bits per heavy atom. The van der Waals surface area contributed by atoms with Gasteiger partial charge < -0.3 is 14.9 Å². The minimum atomic E-state index is -0.638. The SMILES string of the molecule is O=C(c1ccc(F)cc1)N1CCN([C@H]2CN(C(=O)c3ccc(Cl)cc3)C[C@@H]2O)CC1. The zero-order valence-corrected chi connectivity index (χ0v) is 17.1. The van der Waals surface area contributed by atoms with Crippen LogP contribution in [-0.4, -0.2) is 83.0 Å². The molecule has 2 aliphatic rings. The van der Waals surface area contributed by atoms with E-state index in [2.05, 4.69) is 4.90 Å². The van der Waals surface area contributed by atoms with Gasteiger partial charge in [-0.25, -0.2) is 4.39 Å². The van der Waals surface area contributed by atoms with E-state index < -0.39 is 6.10 Å². The summed E-state index contributed by atoms with van der Waals surface area (Å²) >= 11 is 5.89. The third kappa shape index (κ3) is 4.33. The number of nitrogens with zero attached hydrogens (tertiary/aromatic N) is 3. The lowest BCUT2D eigenvalue weighted by Crippen LogP contribution is -2.54. The van der Waals surface area contributed by atoms with Crippen LogP contribution in [0.15, 0.2) is 48.5 Å². The highest BCUT2D eigenvalue weighted by Gasteiger charge is 2.39. The number of piperazine rings is 1. The summed E-state index contributed by atoms with van der Waals surface area (Å²) in [6, 6.07) is 12.1. The van der Waals surface area contributed by atoms with Crippen LogP contribution in [0.4, 0.5) is 4.39 Å². The fourth-order valence-corrected chi connectivity index (χ4v) is 4.23. The molecule has 2 heterocycles. The van der Waals surface area contributed by atoms with Gasteiger partial charge in [0, 0.05) is 55.4 Å². The molecule has 2 saturated heterocycles. The lowest BCUT2D eigenvalue weighted by molar-refractivity contribution is 0.0376. The average molecular weight is 432 g/mol. The molecule has 8 heteroatoms. The van der Waals surface area contributed by atoms with Gasteiger partial charge in [0.1, 0.15) is 5.82 Å². The monoisotopic (exact) mass is 431 g/mol. The number of carbonyl (C=O) groups excluding carboxylic acids is 2. The molecule has 0 bridgehead atoms. The molecule has 2 fully saturated rings. The van der Waals surface area contributed by atoms with Gasteiger partial charge in [-0.15, -0.1) is 0 Å².